The summed E-state index contributed by atoms with van der Waals surface area (Å²) in [6.07, 6.45) is 9.44. The molecule has 5 nitrogen and oxygen atoms in total. The number of rotatable bonds is 3. The summed E-state index contributed by atoms with van der Waals surface area (Å²) in [5, 5.41) is 0. The zero-order chi connectivity index (χ0) is 13.8. The SMILES string of the molecule is Cl.Cl.N[C@H]1CC[C@H](Oc2ccnc(-c3ccncc3)n2)CC1. The topological polar surface area (TPSA) is 73.9 Å². The van der Waals surface area contributed by atoms with Gasteiger partial charge in [0.25, 0.3) is 0 Å². The second-order valence-electron chi connectivity index (χ2n) is 5.11. The first kappa shape index (κ1) is 18.6. The van der Waals surface area contributed by atoms with Crippen LogP contribution in [0.15, 0.2) is 36.8 Å². The lowest BCUT2D eigenvalue weighted by Gasteiger charge is -2.26. The molecule has 22 heavy (non-hydrogen) atoms. The highest BCUT2D eigenvalue weighted by atomic mass is 35.5. The first-order valence-electron chi connectivity index (χ1n) is 6.97. The molecule has 0 radical (unpaired) electrons. The molecule has 0 aliphatic heterocycles. The van der Waals surface area contributed by atoms with Gasteiger partial charge in [-0.25, -0.2) is 4.98 Å². The highest BCUT2D eigenvalue weighted by Gasteiger charge is 2.20. The van der Waals surface area contributed by atoms with Crippen molar-refractivity contribution in [2.45, 2.75) is 37.8 Å². The van der Waals surface area contributed by atoms with Gasteiger partial charge in [0, 0.05) is 36.3 Å². The molecule has 0 bridgehead atoms. The van der Waals surface area contributed by atoms with Gasteiger partial charge in [-0.15, -0.1) is 24.8 Å². The van der Waals surface area contributed by atoms with E-state index in [2.05, 4.69) is 15.0 Å². The molecule has 2 aromatic rings. The number of hydrogen-bond donors (Lipinski definition) is 1. The van der Waals surface area contributed by atoms with E-state index in [4.69, 9.17) is 10.5 Å². The zero-order valence-corrected chi connectivity index (χ0v) is 13.7. The van der Waals surface area contributed by atoms with E-state index in [-0.39, 0.29) is 30.9 Å². The summed E-state index contributed by atoms with van der Waals surface area (Å²) in [4.78, 5) is 12.7. The average molecular weight is 343 g/mol. The Balaban J connectivity index is 0.00000121. The fourth-order valence-electron chi connectivity index (χ4n) is 2.43. The lowest BCUT2D eigenvalue weighted by molar-refractivity contribution is 0.141. The van der Waals surface area contributed by atoms with Crippen molar-refractivity contribution < 1.29 is 4.74 Å². The molecule has 2 heterocycles. The Kier molecular flexibility index (Phi) is 7.51. The molecule has 1 aliphatic carbocycles. The Morgan fingerprint density at radius 2 is 1.64 bits per heavy atom. The predicted molar refractivity (Wildman–Crippen MR) is 90.6 cm³/mol. The fraction of sp³-hybridized carbons (Fsp3) is 0.400. The summed E-state index contributed by atoms with van der Waals surface area (Å²) in [5.41, 5.74) is 6.84. The normalized spacial score (nSPS) is 20.4. The maximum Gasteiger partial charge on any atom is 0.217 e. The number of pyridine rings is 1. The van der Waals surface area contributed by atoms with E-state index in [1.165, 1.54) is 0 Å². The third-order valence-electron chi connectivity index (χ3n) is 3.57. The smallest absolute Gasteiger partial charge is 0.217 e. The predicted octanol–water partition coefficient (Wildman–Crippen LogP) is 3.03. The van der Waals surface area contributed by atoms with Gasteiger partial charge in [-0.05, 0) is 37.8 Å². The summed E-state index contributed by atoms with van der Waals surface area (Å²) >= 11 is 0. The van der Waals surface area contributed by atoms with Gasteiger partial charge in [0.15, 0.2) is 5.82 Å². The van der Waals surface area contributed by atoms with Crippen LogP contribution in [0.4, 0.5) is 0 Å². The Labute approximate surface area is 142 Å². The van der Waals surface area contributed by atoms with Gasteiger partial charge in [0.05, 0.1) is 0 Å². The van der Waals surface area contributed by atoms with Crippen LogP contribution in [0.2, 0.25) is 0 Å². The molecule has 0 aromatic carbocycles. The Bertz CT molecular complexity index is 562. The van der Waals surface area contributed by atoms with Crippen LogP contribution in [0, 0.1) is 0 Å². The lowest BCUT2D eigenvalue weighted by atomic mass is 9.94. The van der Waals surface area contributed by atoms with Crippen LogP contribution in [0.5, 0.6) is 5.88 Å². The number of halogens is 2. The quantitative estimate of drug-likeness (QED) is 0.927. The average Bonchev–Trinajstić information content (AvgIpc) is 2.51. The van der Waals surface area contributed by atoms with Crippen LogP contribution < -0.4 is 10.5 Å². The monoisotopic (exact) mass is 342 g/mol. The summed E-state index contributed by atoms with van der Waals surface area (Å²) in [7, 11) is 0. The van der Waals surface area contributed by atoms with E-state index in [0.29, 0.717) is 17.7 Å². The molecule has 1 aliphatic rings. The Hall–Kier alpha value is -1.43. The number of aromatic nitrogens is 3. The number of ether oxygens (including phenoxy) is 1. The zero-order valence-electron chi connectivity index (χ0n) is 12.1. The molecular weight excluding hydrogens is 323 g/mol. The van der Waals surface area contributed by atoms with Crippen LogP contribution in [0.3, 0.4) is 0 Å². The maximum atomic E-state index is 5.94. The standard InChI is InChI=1S/C15H18N4O.2ClH/c16-12-1-3-13(4-2-12)20-14-7-10-18-15(19-14)11-5-8-17-9-6-11;;/h5-10,12-13H,1-4,16H2;2*1H/t12-,13-;;. The minimum atomic E-state index is 0. The summed E-state index contributed by atoms with van der Waals surface area (Å²) in [6.45, 7) is 0. The van der Waals surface area contributed by atoms with Crippen molar-refractivity contribution in [3.05, 3.63) is 36.8 Å². The molecule has 0 atom stereocenters. The minimum Gasteiger partial charge on any atom is -0.474 e. The van der Waals surface area contributed by atoms with E-state index >= 15 is 0 Å². The summed E-state index contributed by atoms with van der Waals surface area (Å²) in [5.74, 6) is 1.30. The highest BCUT2D eigenvalue weighted by Crippen LogP contribution is 2.23. The molecule has 0 amide bonds. The lowest BCUT2D eigenvalue weighted by Crippen LogP contribution is -2.31. The Morgan fingerprint density at radius 3 is 2.32 bits per heavy atom. The number of nitrogens with two attached hydrogens (primary N) is 1. The van der Waals surface area contributed by atoms with Gasteiger partial charge in [0.1, 0.15) is 6.10 Å². The van der Waals surface area contributed by atoms with E-state index in [1.807, 2.05) is 12.1 Å². The van der Waals surface area contributed by atoms with Crippen LogP contribution in [-0.4, -0.2) is 27.1 Å². The molecule has 2 aromatic heterocycles. The van der Waals surface area contributed by atoms with Crippen molar-refractivity contribution >= 4 is 24.8 Å². The third kappa shape index (κ3) is 4.80. The second-order valence-corrected chi connectivity index (χ2v) is 5.11. The number of hydrogen-bond acceptors (Lipinski definition) is 5. The van der Waals surface area contributed by atoms with Gasteiger partial charge < -0.3 is 10.5 Å². The molecule has 3 rings (SSSR count). The van der Waals surface area contributed by atoms with Crippen molar-refractivity contribution in [1.29, 1.82) is 0 Å². The van der Waals surface area contributed by atoms with E-state index < -0.39 is 0 Å². The van der Waals surface area contributed by atoms with Gasteiger partial charge in [-0.2, -0.15) is 4.98 Å². The second kappa shape index (κ2) is 8.88. The molecule has 0 spiro atoms. The number of nitrogens with zero attached hydrogens (tertiary/aromatic N) is 3. The van der Waals surface area contributed by atoms with Crippen molar-refractivity contribution in [1.82, 2.24) is 15.0 Å². The van der Waals surface area contributed by atoms with Crippen molar-refractivity contribution in [2.24, 2.45) is 5.73 Å². The summed E-state index contributed by atoms with van der Waals surface area (Å²) < 4.78 is 5.94. The fourth-order valence-corrected chi connectivity index (χ4v) is 2.43. The third-order valence-corrected chi connectivity index (χ3v) is 3.57. The first-order valence-corrected chi connectivity index (χ1v) is 6.97. The van der Waals surface area contributed by atoms with E-state index in [1.54, 1.807) is 24.7 Å². The van der Waals surface area contributed by atoms with E-state index in [9.17, 15) is 0 Å². The van der Waals surface area contributed by atoms with Crippen molar-refractivity contribution in [3.63, 3.8) is 0 Å². The molecule has 1 fully saturated rings. The van der Waals surface area contributed by atoms with Gasteiger partial charge in [-0.1, -0.05) is 0 Å². The molecule has 0 unspecified atom stereocenters. The maximum absolute atomic E-state index is 5.94. The van der Waals surface area contributed by atoms with Crippen molar-refractivity contribution in [3.8, 4) is 17.3 Å². The highest BCUT2D eigenvalue weighted by molar-refractivity contribution is 5.85. The minimum absolute atomic E-state index is 0. The molecule has 2 N–H and O–H groups in total. The Morgan fingerprint density at radius 1 is 0.955 bits per heavy atom. The van der Waals surface area contributed by atoms with Crippen molar-refractivity contribution in [2.75, 3.05) is 0 Å². The van der Waals surface area contributed by atoms with Gasteiger partial charge in [0.2, 0.25) is 5.88 Å². The van der Waals surface area contributed by atoms with Crippen LogP contribution in [0.1, 0.15) is 25.7 Å². The van der Waals surface area contributed by atoms with Crippen LogP contribution in [0.25, 0.3) is 11.4 Å². The summed E-state index contributed by atoms with van der Waals surface area (Å²) in [6, 6.07) is 5.91. The largest absolute Gasteiger partial charge is 0.474 e. The van der Waals surface area contributed by atoms with Crippen LogP contribution >= 0.6 is 24.8 Å². The molecule has 0 saturated heterocycles. The molecule has 7 heteroatoms. The first-order chi connectivity index (χ1) is 9.81. The van der Waals surface area contributed by atoms with E-state index in [0.717, 1.165) is 31.2 Å². The van der Waals surface area contributed by atoms with Gasteiger partial charge >= 0.3 is 0 Å². The molecule has 120 valence electrons. The van der Waals surface area contributed by atoms with Gasteiger partial charge in [-0.3, -0.25) is 4.98 Å². The molecular formula is C15H20Cl2N4O. The molecule has 1 saturated carbocycles. The van der Waals surface area contributed by atoms with Crippen LogP contribution in [-0.2, 0) is 0 Å².